The van der Waals surface area contributed by atoms with E-state index in [1.165, 1.54) is 5.56 Å². The molecule has 1 aromatic carbocycles. The Kier molecular flexibility index (Phi) is 3.24. The molecular weight excluding hydrogens is 266 g/mol. The minimum absolute atomic E-state index is 0.227. The van der Waals surface area contributed by atoms with Gasteiger partial charge in [-0.1, -0.05) is 13.3 Å². The molecule has 0 aliphatic heterocycles. The Bertz CT molecular complexity index is 900. The number of fused-ring (bicyclic) bond motifs is 3. The summed E-state index contributed by atoms with van der Waals surface area (Å²) in [4.78, 5) is 0. The fourth-order valence-corrected chi connectivity index (χ4v) is 2.99. The molecule has 110 valence electrons. The normalized spacial score (nSPS) is 12.7. The van der Waals surface area contributed by atoms with Crippen molar-refractivity contribution in [3.8, 4) is 0 Å². The molecule has 0 bridgehead atoms. The zero-order valence-corrected chi connectivity index (χ0v) is 12.8. The second-order valence-corrected chi connectivity index (χ2v) is 5.51. The Labute approximate surface area is 122 Å². The van der Waals surface area contributed by atoms with E-state index in [9.17, 15) is 0 Å². The summed E-state index contributed by atoms with van der Waals surface area (Å²) in [5, 5.41) is 14.4. The van der Waals surface area contributed by atoms with Crippen LogP contribution in [0.1, 0.15) is 35.8 Å². The number of hydrogen-bond donors (Lipinski definition) is 1. The molecule has 0 spiro atoms. The van der Waals surface area contributed by atoms with Crippen molar-refractivity contribution in [3.63, 3.8) is 0 Å². The molecule has 4 nitrogen and oxygen atoms in total. The quantitative estimate of drug-likeness (QED) is 0.562. The summed E-state index contributed by atoms with van der Waals surface area (Å²) in [5.41, 5.74) is 5.16. The van der Waals surface area contributed by atoms with Gasteiger partial charge in [0.25, 0.3) is 5.55 Å². The van der Waals surface area contributed by atoms with Crippen LogP contribution < -0.4 is 5.55 Å². The molecule has 3 rings (SSSR count). The zero-order chi connectivity index (χ0) is 15.1. The van der Waals surface area contributed by atoms with Gasteiger partial charge >= 0.3 is 0 Å². The monoisotopic (exact) mass is 285 g/mol. The van der Waals surface area contributed by atoms with Crippen molar-refractivity contribution in [2.45, 2.75) is 40.5 Å². The lowest BCUT2D eigenvalue weighted by Gasteiger charge is -2.07. The number of benzene rings is 1. The summed E-state index contributed by atoms with van der Waals surface area (Å²) < 4.78 is 11.7. The third-order valence-corrected chi connectivity index (χ3v) is 4.05. The smallest absolute Gasteiger partial charge is 0.255 e. The lowest BCUT2D eigenvalue weighted by Crippen LogP contribution is -2.03. The van der Waals surface area contributed by atoms with Crippen molar-refractivity contribution in [2.24, 2.45) is 5.16 Å². The van der Waals surface area contributed by atoms with Gasteiger partial charge in [-0.3, -0.25) is 0 Å². The number of furan rings is 1. The lowest BCUT2D eigenvalue weighted by molar-refractivity contribution is 0.276. The SMILES string of the molecule is CCCc1cc(=NO)oc2cc(C)c3c(C)c(C)oc3c12. The molecule has 0 aliphatic rings. The maximum Gasteiger partial charge on any atom is 0.255 e. The molecule has 1 N–H and O–H groups in total. The first-order valence-corrected chi connectivity index (χ1v) is 7.21. The predicted molar refractivity (Wildman–Crippen MR) is 81.5 cm³/mol. The van der Waals surface area contributed by atoms with Crippen LogP contribution in [0.4, 0.5) is 0 Å². The van der Waals surface area contributed by atoms with E-state index in [-0.39, 0.29) is 5.55 Å². The van der Waals surface area contributed by atoms with Crippen molar-refractivity contribution < 1.29 is 14.0 Å². The van der Waals surface area contributed by atoms with Crippen LogP contribution in [0, 0.1) is 20.8 Å². The minimum Gasteiger partial charge on any atom is -0.460 e. The molecule has 3 aromatic rings. The Morgan fingerprint density at radius 3 is 2.52 bits per heavy atom. The molecule has 2 aromatic heterocycles. The highest BCUT2D eigenvalue weighted by atomic mass is 16.5. The van der Waals surface area contributed by atoms with E-state index in [1.54, 1.807) is 6.07 Å². The average Bonchev–Trinajstić information content (AvgIpc) is 2.75. The van der Waals surface area contributed by atoms with E-state index < -0.39 is 0 Å². The predicted octanol–water partition coefficient (Wildman–Crippen LogP) is 4.35. The van der Waals surface area contributed by atoms with Crippen LogP contribution in [-0.4, -0.2) is 5.21 Å². The number of aryl methyl sites for hydroxylation is 4. The van der Waals surface area contributed by atoms with E-state index in [2.05, 4.69) is 19.0 Å². The standard InChI is InChI=1S/C17H19NO3/c1-5-6-12-8-14(18-19)21-13-7-9(2)15-10(3)11(4)20-17(15)16(12)13/h7-8,19H,5-6H2,1-4H3. The number of hydrogen-bond acceptors (Lipinski definition) is 4. The molecule has 0 amide bonds. The minimum atomic E-state index is 0.227. The first-order valence-electron chi connectivity index (χ1n) is 7.21. The van der Waals surface area contributed by atoms with Crippen molar-refractivity contribution in [1.82, 2.24) is 0 Å². The van der Waals surface area contributed by atoms with E-state index in [0.717, 1.165) is 46.1 Å². The molecule has 0 atom stereocenters. The summed E-state index contributed by atoms with van der Waals surface area (Å²) >= 11 is 0. The molecule has 0 unspecified atom stereocenters. The van der Waals surface area contributed by atoms with Crippen LogP contribution in [0.3, 0.4) is 0 Å². The fraction of sp³-hybridized carbons (Fsp3) is 0.353. The number of rotatable bonds is 2. The second-order valence-electron chi connectivity index (χ2n) is 5.51. The molecule has 4 heteroatoms. The maximum absolute atomic E-state index is 9.03. The summed E-state index contributed by atoms with van der Waals surface area (Å²) in [6, 6.07) is 3.78. The first-order chi connectivity index (χ1) is 10.1. The molecule has 0 aliphatic carbocycles. The van der Waals surface area contributed by atoms with Gasteiger partial charge in [-0.2, -0.15) is 0 Å². The van der Waals surface area contributed by atoms with Crippen LogP contribution in [-0.2, 0) is 6.42 Å². The maximum atomic E-state index is 9.03. The molecule has 0 radical (unpaired) electrons. The summed E-state index contributed by atoms with van der Waals surface area (Å²) in [5.74, 6) is 0.930. The van der Waals surface area contributed by atoms with Crippen LogP contribution in [0.5, 0.6) is 0 Å². The van der Waals surface area contributed by atoms with Crippen LogP contribution >= 0.6 is 0 Å². The molecule has 0 saturated carbocycles. The van der Waals surface area contributed by atoms with Gasteiger partial charge in [0.1, 0.15) is 16.9 Å². The summed E-state index contributed by atoms with van der Waals surface area (Å²) in [6.45, 7) is 8.22. The van der Waals surface area contributed by atoms with E-state index in [4.69, 9.17) is 14.0 Å². The highest BCUT2D eigenvalue weighted by molar-refractivity contribution is 6.06. The summed E-state index contributed by atoms with van der Waals surface area (Å²) in [6.07, 6.45) is 1.88. The van der Waals surface area contributed by atoms with Gasteiger partial charge in [-0.25, -0.2) is 0 Å². The van der Waals surface area contributed by atoms with Gasteiger partial charge in [-0.15, -0.1) is 0 Å². The van der Waals surface area contributed by atoms with E-state index >= 15 is 0 Å². The van der Waals surface area contributed by atoms with E-state index in [0.29, 0.717) is 5.58 Å². The van der Waals surface area contributed by atoms with Gasteiger partial charge in [0, 0.05) is 11.5 Å². The first kappa shape index (κ1) is 13.7. The van der Waals surface area contributed by atoms with Crippen molar-refractivity contribution in [2.75, 3.05) is 0 Å². The number of nitrogens with zero attached hydrogens (tertiary/aromatic N) is 1. The summed E-state index contributed by atoms with van der Waals surface area (Å²) in [7, 11) is 0. The second kappa shape index (κ2) is 4.95. The Balaban J connectivity index is 2.57. The van der Waals surface area contributed by atoms with Gasteiger partial charge in [-0.05, 0) is 55.1 Å². The average molecular weight is 285 g/mol. The van der Waals surface area contributed by atoms with Crippen LogP contribution in [0.15, 0.2) is 26.1 Å². The van der Waals surface area contributed by atoms with E-state index in [1.807, 2.05) is 19.9 Å². The third kappa shape index (κ3) is 2.02. The fourth-order valence-electron chi connectivity index (χ4n) is 2.99. The molecule has 21 heavy (non-hydrogen) atoms. The largest absolute Gasteiger partial charge is 0.460 e. The lowest BCUT2D eigenvalue weighted by atomic mass is 9.99. The third-order valence-electron chi connectivity index (χ3n) is 4.05. The van der Waals surface area contributed by atoms with Gasteiger partial charge in [0.05, 0.1) is 5.39 Å². The van der Waals surface area contributed by atoms with Crippen LogP contribution in [0.25, 0.3) is 21.9 Å². The highest BCUT2D eigenvalue weighted by Gasteiger charge is 2.17. The topological polar surface area (TPSA) is 58.9 Å². The molecule has 2 heterocycles. The zero-order valence-electron chi connectivity index (χ0n) is 12.8. The molecule has 0 saturated heterocycles. The Hall–Kier alpha value is -2.23. The van der Waals surface area contributed by atoms with Crippen molar-refractivity contribution in [1.29, 1.82) is 0 Å². The van der Waals surface area contributed by atoms with Gasteiger partial charge in [0.2, 0.25) is 0 Å². The molecular formula is C17H19NO3. The molecule has 0 fully saturated rings. The Morgan fingerprint density at radius 2 is 1.86 bits per heavy atom. The highest BCUT2D eigenvalue weighted by Crippen LogP contribution is 2.35. The Morgan fingerprint density at radius 1 is 1.10 bits per heavy atom. The van der Waals surface area contributed by atoms with Gasteiger partial charge < -0.3 is 14.0 Å². The van der Waals surface area contributed by atoms with Crippen molar-refractivity contribution >= 4 is 21.9 Å². The van der Waals surface area contributed by atoms with Crippen molar-refractivity contribution in [3.05, 3.63) is 40.1 Å². The van der Waals surface area contributed by atoms with Crippen LogP contribution in [0.2, 0.25) is 0 Å². The van der Waals surface area contributed by atoms with Gasteiger partial charge in [0.15, 0.2) is 0 Å².